The highest BCUT2D eigenvalue weighted by atomic mass is 16.3. The molecule has 3 heteroatoms. The average molecular weight is 247 g/mol. The van der Waals surface area contributed by atoms with E-state index >= 15 is 0 Å². The van der Waals surface area contributed by atoms with Gasteiger partial charge < -0.3 is 10.4 Å². The summed E-state index contributed by atoms with van der Waals surface area (Å²) in [6.45, 7) is 5.91. The predicted molar refractivity (Wildman–Crippen MR) is 74.1 cm³/mol. The summed E-state index contributed by atoms with van der Waals surface area (Å²) in [5, 5.41) is 11.9. The van der Waals surface area contributed by atoms with Gasteiger partial charge in [0.05, 0.1) is 12.6 Å². The van der Waals surface area contributed by atoms with Crippen LogP contribution in [0, 0.1) is 12.8 Å². The number of hydrogen-bond acceptors (Lipinski definition) is 2. The third-order valence-corrected chi connectivity index (χ3v) is 2.83. The van der Waals surface area contributed by atoms with Crippen molar-refractivity contribution in [2.24, 2.45) is 5.92 Å². The van der Waals surface area contributed by atoms with Gasteiger partial charge in [-0.1, -0.05) is 43.7 Å². The molecule has 0 saturated heterocycles. The van der Waals surface area contributed by atoms with Gasteiger partial charge in [-0.3, -0.25) is 4.79 Å². The molecule has 98 valence electrons. The summed E-state index contributed by atoms with van der Waals surface area (Å²) >= 11 is 0. The van der Waals surface area contributed by atoms with Crippen molar-refractivity contribution in [1.29, 1.82) is 0 Å². The first kappa shape index (κ1) is 14.5. The van der Waals surface area contributed by atoms with Gasteiger partial charge in [-0.2, -0.15) is 0 Å². The zero-order chi connectivity index (χ0) is 13.5. The Balaban J connectivity index is 2.56. The summed E-state index contributed by atoms with van der Waals surface area (Å²) in [6, 6.07) is 7.74. The smallest absolute Gasteiger partial charge is 0.244 e. The molecule has 0 aliphatic carbocycles. The van der Waals surface area contributed by atoms with Gasteiger partial charge in [-0.15, -0.1) is 0 Å². The largest absolute Gasteiger partial charge is 0.394 e. The fourth-order valence-corrected chi connectivity index (χ4v) is 1.50. The first-order valence-corrected chi connectivity index (χ1v) is 6.19. The number of benzene rings is 1. The van der Waals surface area contributed by atoms with Crippen molar-refractivity contribution in [3.63, 3.8) is 0 Å². The first-order valence-electron chi connectivity index (χ1n) is 6.19. The maximum Gasteiger partial charge on any atom is 0.244 e. The lowest BCUT2D eigenvalue weighted by molar-refractivity contribution is -0.117. The number of carbonyl (C=O) groups is 1. The van der Waals surface area contributed by atoms with Gasteiger partial charge in [-0.05, 0) is 24.5 Å². The van der Waals surface area contributed by atoms with Crippen LogP contribution in [0.3, 0.4) is 0 Å². The van der Waals surface area contributed by atoms with E-state index in [9.17, 15) is 4.79 Å². The third kappa shape index (κ3) is 4.72. The minimum absolute atomic E-state index is 0.0399. The van der Waals surface area contributed by atoms with E-state index in [2.05, 4.69) is 5.32 Å². The van der Waals surface area contributed by atoms with Crippen LogP contribution in [0.5, 0.6) is 0 Å². The Kier molecular flexibility index (Phi) is 5.59. The summed E-state index contributed by atoms with van der Waals surface area (Å²) in [4.78, 5) is 11.6. The summed E-state index contributed by atoms with van der Waals surface area (Å²) in [5.41, 5.74) is 2.18. The quantitative estimate of drug-likeness (QED) is 0.783. The van der Waals surface area contributed by atoms with Crippen molar-refractivity contribution in [2.45, 2.75) is 26.8 Å². The number of nitrogens with one attached hydrogen (secondary N) is 1. The molecule has 0 fully saturated rings. The highest BCUT2D eigenvalue weighted by Crippen LogP contribution is 2.05. The van der Waals surface area contributed by atoms with E-state index < -0.39 is 0 Å². The van der Waals surface area contributed by atoms with Crippen molar-refractivity contribution in [2.75, 3.05) is 6.61 Å². The molecule has 0 unspecified atom stereocenters. The van der Waals surface area contributed by atoms with Crippen molar-refractivity contribution in [3.8, 4) is 0 Å². The molecule has 1 atom stereocenters. The Hall–Kier alpha value is -1.61. The van der Waals surface area contributed by atoms with Gasteiger partial charge in [-0.25, -0.2) is 0 Å². The molecule has 3 nitrogen and oxygen atoms in total. The SMILES string of the molecule is Cc1ccc(C=CC(=O)N[C@H](CO)C(C)C)cc1. The van der Waals surface area contributed by atoms with E-state index in [0.717, 1.165) is 5.56 Å². The fourth-order valence-electron chi connectivity index (χ4n) is 1.50. The summed E-state index contributed by atoms with van der Waals surface area (Å²) in [5.74, 6) is 0.0371. The van der Waals surface area contributed by atoms with Gasteiger partial charge >= 0.3 is 0 Å². The Bertz CT molecular complexity index is 407. The van der Waals surface area contributed by atoms with Gasteiger partial charge in [0.15, 0.2) is 0 Å². The Morgan fingerprint density at radius 3 is 2.44 bits per heavy atom. The lowest BCUT2D eigenvalue weighted by Crippen LogP contribution is -2.40. The van der Waals surface area contributed by atoms with E-state index in [1.54, 1.807) is 6.08 Å². The second-order valence-corrected chi connectivity index (χ2v) is 4.79. The molecule has 0 aliphatic rings. The number of aliphatic hydroxyl groups excluding tert-OH is 1. The maximum atomic E-state index is 11.6. The van der Waals surface area contributed by atoms with Crippen LogP contribution in [0.1, 0.15) is 25.0 Å². The second-order valence-electron chi connectivity index (χ2n) is 4.79. The highest BCUT2D eigenvalue weighted by Gasteiger charge is 2.12. The molecule has 1 rings (SSSR count). The Morgan fingerprint density at radius 1 is 1.33 bits per heavy atom. The number of carbonyl (C=O) groups excluding carboxylic acids is 1. The number of amides is 1. The second kappa shape index (κ2) is 6.97. The van der Waals surface area contributed by atoms with Crippen LogP contribution in [-0.4, -0.2) is 23.7 Å². The van der Waals surface area contributed by atoms with Crippen LogP contribution in [0.15, 0.2) is 30.3 Å². The number of hydrogen-bond donors (Lipinski definition) is 2. The van der Waals surface area contributed by atoms with E-state index in [1.807, 2.05) is 45.0 Å². The van der Waals surface area contributed by atoms with E-state index in [1.165, 1.54) is 11.6 Å². The van der Waals surface area contributed by atoms with Gasteiger partial charge in [0, 0.05) is 6.08 Å². The summed E-state index contributed by atoms with van der Waals surface area (Å²) in [7, 11) is 0. The highest BCUT2D eigenvalue weighted by molar-refractivity contribution is 5.91. The average Bonchev–Trinajstić information content (AvgIpc) is 2.35. The summed E-state index contributed by atoms with van der Waals surface area (Å²) in [6.07, 6.45) is 3.26. The van der Waals surface area contributed by atoms with Crippen LogP contribution in [0.2, 0.25) is 0 Å². The zero-order valence-corrected chi connectivity index (χ0v) is 11.2. The molecule has 0 aliphatic heterocycles. The lowest BCUT2D eigenvalue weighted by Gasteiger charge is -2.18. The zero-order valence-electron chi connectivity index (χ0n) is 11.2. The molecule has 0 saturated carbocycles. The Morgan fingerprint density at radius 2 is 1.94 bits per heavy atom. The van der Waals surface area contributed by atoms with Crippen LogP contribution in [-0.2, 0) is 4.79 Å². The molecule has 0 bridgehead atoms. The molecular weight excluding hydrogens is 226 g/mol. The van der Waals surface area contributed by atoms with E-state index in [0.29, 0.717) is 0 Å². The van der Waals surface area contributed by atoms with E-state index in [4.69, 9.17) is 5.11 Å². The first-order chi connectivity index (χ1) is 8.52. The maximum absolute atomic E-state index is 11.6. The molecule has 0 radical (unpaired) electrons. The number of aliphatic hydroxyl groups is 1. The monoisotopic (exact) mass is 247 g/mol. The topological polar surface area (TPSA) is 49.3 Å². The molecule has 1 aromatic carbocycles. The molecule has 2 N–H and O–H groups in total. The van der Waals surface area contributed by atoms with Crippen LogP contribution < -0.4 is 5.32 Å². The molecule has 18 heavy (non-hydrogen) atoms. The van der Waals surface area contributed by atoms with Crippen LogP contribution in [0.4, 0.5) is 0 Å². The van der Waals surface area contributed by atoms with Gasteiger partial charge in [0.2, 0.25) is 5.91 Å². The number of rotatable bonds is 5. The van der Waals surface area contributed by atoms with Crippen LogP contribution in [0.25, 0.3) is 6.08 Å². The van der Waals surface area contributed by atoms with Crippen molar-refractivity contribution in [1.82, 2.24) is 5.32 Å². The third-order valence-electron chi connectivity index (χ3n) is 2.83. The molecule has 0 aromatic heterocycles. The number of aryl methyl sites for hydroxylation is 1. The minimum atomic E-state index is -0.194. The molecule has 0 heterocycles. The molecule has 0 spiro atoms. The summed E-state index contributed by atoms with van der Waals surface area (Å²) < 4.78 is 0. The fraction of sp³-hybridized carbons (Fsp3) is 0.400. The predicted octanol–water partition coefficient (Wildman–Crippen LogP) is 2.14. The standard InChI is InChI=1S/C15H21NO2/c1-11(2)14(10-17)16-15(18)9-8-13-6-4-12(3)5-7-13/h4-9,11,14,17H,10H2,1-3H3,(H,16,18)/t14-/m1/s1. The lowest BCUT2D eigenvalue weighted by atomic mass is 10.1. The normalized spacial score (nSPS) is 12.9. The molecule has 1 amide bonds. The van der Waals surface area contributed by atoms with Gasteiger partial charge in [0.25, 0.3) is 0 Å². The van der Waals surface area contributed by atoms with Crippen molar-refractivity contribution < 1.29 is 9.90 Å². The van der Waals surface area contributed by atoms with Gasteiger partial charge in [0.1, 0.15) is 0 Å². The minimum Gasteiger partial charge on any atom is -0.394 e. The van der Waals surface area contributed by atoms with Crippen LogP contribution >= 0.6 is 0 Å². The van der Waals surface area contributed by atoms with Crippen molar-refractivity contribution in [3.05, 3.63) is 41.5 Å². The van der Waals surface area contributed by atoms with Crippen molar-refractivity contribution >= 4 is 12.0 Å². The molecule has 1 aromatic rings. The van der Waals surface area contributed by atoms with E-state index in [-0.39, 0.29) is 24.5 Å². The molecular formula is C15H21NO2. The Labute approximate surface area is 109 Å².